The molecule has 44 heavy (non-hydrogen) atoms. The summed E-state index contributed by atoms with van der Waals surface area (Å²) in [7, 11) is -4.72. The quantitative estimate of drug-likeness (QED) is 0.412. The lowest BCUT2D eigenvalue weighted by Gasteiger charge is -2.35. The van der Waals surface area contributed by atoms with E-state index >= 15 is 0 Å². The Kier molecular flexibility index (Phi) is 9.35. The molecule has 1 N–H and O–H groups in total. The maximum atomic E-state index is 14.0. The molecular formula is C27H32F5N5O6S. The third kappa shape index (κ3) is 8.18. The molecule has 1 fully saturated rings. The van der Waals surface area contributed by atoms with E-state index in [9.17, 15) is 44.8 Å². The van der Waals surface area contributed by atoms with Gasteiger partial charge in [0.25, 0.3) is 15.9 Å². The fourth-order valence-electron chi connectivity index (χ4n) is 4.12. The molecule has 242 valence electrons. The molecule has 2 aromatic heterocycles. The number of alkyl halides is 5. The van der Waals surface area contributed by atoms with Gasteiger partial charge in [-0.15, -0.1) is 0 Å². The van der Waals surface area contributed by atoms with Gasteiger partial charge in [-0.25, -0.2) is 23.5 Å². The van der Waals surface area contributed by atoms with Gasteiger partial charge in [-0.05, 0) is 53.7 Å². The minimum atomic E-state index is -4.95. The molecule has 3 amide bonds. The smallest absolute Gasteiger partial charge is 0.424 e. The lowest BCUT2D eigenvalue weighted by atomic mass is 10.1. The van der Waals surface area contributed by atoms with Crippen LogP contribution in [0, 0.1) is 0 Å². The van der Waals surface area contributed by atoms with Gasteiger partial charge in [-0.1, -0.05) is 0 Å². The first-order valence-electron chi connectivity index (χ1n) is 13.2. The third-order valence-electron chi connectivity index (χ3n) is 6.07. The number of nitrogens with one attached hydrogen (secondary N) is 1. The number of hydrogen-bond donors (Lipinski definition) is 1. The number of anilines is 2. The number of nitrogens with zero attached hydrogens (tertiary/aromatic N) is 4. The molecule has 0 unspecified atom stereocenters. The number of hydrogen-bond acceptors (Lipinski definition) is 8. The maximum Gasteiger partial charge on any atom is 0.424 e. The molecule has 2 aromatic rings. The van der Waals surface area contributed by atoms with Crippen molar-refractivity contribution in [1.82, 2.24) is 14.3 Å². The van der Waals surface area contributed by atoms with E-state index in [1.54, 1.807) is 0 Å². The predicted molar refractivity (Wildman–Crippen MR) is 148 cm³/mol. The number of amides is 3. The highest BCUT2D eigenvalue weighted by Crippen LogP contribution is 2.35. The van der Waals surface area contributed by atoms with Gasteiger partial charge < -0.3 is 10.1 Å². The first-order chi connectivity index (χ1) is 19.9. The van der Waals surface area contributed by atoms with E-state index in [4.69, 9.17) is 4.74 Å². The van der Waals surface area contributed by atoms with Crippen molar-refractivity contribution in [3.8, 4) is 0 Å². The molecule has 0 aromatic carbocycles. The van der Waals surface area contributed by atoms with E-state index in [0.717, 1.165) is 23.2 Å². The van der Waals surface area contributed by atoms with Crippen LogP contribution in [0.3, 0.4) is 0 Å². The van der Waals surface area contributed by atoms with Crippen LogP contribution in [0.15, 0.2) is 35.6 Å². The Morgan fingerprint density at radius 3 is 2.25 bits per heavy atom. The summed E-state index contributed by atoms with van der Waals surface area (Å²) in [4.78, 5) is 47.1. The zero-order valence-electron chi connectivity index (χ0n) is 24.8. The Labute approximate surface area is 250 Å². The van der Waals surface area contributed by atoms with Crippen LogP contribution < -0.4 is 10.2 Å². The highest BCUT2D eigenvalue weighted by molar-refractivity contribution is 7.89. The number of aromatic nitrogens is 2. The van der Waals surface area contributed by atoms with Crippen molar-refractivity contribution in [1.29, 1.82) is 0 Å². The van der Waals surface area contributed by atoms with E-state index < -0.39 is 98.9 Å². The lowest BCUT2D eigenvalue weighted by molar-refractivity contribution is -0.137. The molecule has 3 rings (SSSR count). The van der Waals surface area contributed by atoms with Crippen LogP contribution in [-0.4, -0.2) is 64.2 Å². The van der Waals surface area contributed by atoms with E-state index in [-0.39, 0.29) is 5.69 Å². The number of halogens is 5. The fraction of sp³-hybridized carbons (Fsp3) is 0.519. The molecule has 0 radical (unpaired) electrons. The molecule has 0 aliphatic carbocycles. The van der Waals surface area contributed by atoms with Gasteiger partial charge in [-0.2, -0.15) is 25.9 Å². The molecule has 1 aliphatic rings. The Balaban J connectivity index is 2.04. The largest absolute Gasteiger partial charge is 0.443 e. The van der Waals surface area contributed by atoms with Crippen molar-refractivity contribution in [3.63, 3.8) is 0 Å². The molecule has 0 bridgehead atoms. The standard InChI is InChI=1S/C27H32F5N5O6S/c1-24(2,3)37(23(40)43-25(4,5)6)44(41,42)19-14-17(8-11-33-19)35-22(39)18-13-16(27(30,31)32)15-34-21(18)36-12-10-26(28,29)9-7-20(36)38/h8,11,13-15H,7,9-10,12H2,1-6H3,(H,33,35,39). The average Bonchev–Trinajstić information content (AvgIpc) is 2.98. The van der Waals surface area contributed by atoms with Crippen molar-refractivity contribution in [3.05, 3.63) is 41.7 Å². The first-order valence-corrected chi connectivity index (χ1v) is 14.7. The Morgan fingerprint density at radius 2 is 1.68 bits per heavy atom. The molecule has 17 heteroatoms. The van der Waals surface area contributed by atoms with Crippen LogP contribution >= 0.6 is 0 Å². The van der Waals surface area contributed by atoms with Crippen LogP contribution in [0.5, 0.6) is 0 Å². The van der Waals surface area contributed by atoms with Crippen molar-refractivity contribution in [2.75, 3.05) is 16.8 Å². The number of pyridine rings is 2. The first kappa shape index (κ1) is 34.6. The molecule has 0 saturated carbocycles. The molecular weight excluding hydrogens is 617 g/mol. The second-order valence-electron chi connectivity index (χ2n) is 12.0. The van der Waals surface area contributed by atoms with Crippen LogP contribution in [-0.2, 0) is 25.7 Å². The topological polar surface area (TPSA) is 139 Å². The molecule has 1 saturated heterocycles. The van der Waals surface area contributed by atoms with Crippen LogP contribution in [0.1, 0.15) is 76.7 Å². The third-order valence-corrected chi connectivity index (χ3v) is 8.00. The minimum Gasteiger partial charge on any atom is -0.443 e. The lowest BCUT2D eigenvalue weighted by Crippen LogP contribution is -2.51. The fourth-order valence-corrected chi connectivity index (χ4v) is 5.74. The molecule has 0 atom stereocenters. The van der Waals surface area contributed by atoms with Gasteiger partial charge in [0, 0.05) is 50.0 Å². The molecule has 11 nitrogen and oxygen atoms in total. The minimum absolute atomic E-state index is 0.265. The van der Waals surface area contributed by atoms with Crippen LogP contribution in [0.25, 0.3) is 0 Å². The average molecular weight is 650 g/mol. The van der Waals surface area contributed by atoms with Crippen LogP contribution in [0.2, 0.25) is 0 Å². The van der Waals surface area contributed by atoms with Crippen molar-refractivity contribution >= 4 is 39.4 Å². The number of carbonyl (C=O) groups excluding carboxylic acids is 3. The summed E-state index contributed by atoms with van der Waals surface area (Å²) in [6.45, 7) is 8.29. The normalized spacial score (nSPS) is 16.2. The molecule has 3 heterocycles. The van der Waals surface area contributed by atoms with Gasteiger partial charge in [0.1, 0.15) is 11.4 Å². The number of ether oxygens (including phenoxy) is 1. The van der Waals surface area contributed by atoms with Gasteiger partial charge in [0.2, 0.25) is 11.8 Å². The summed E-state index contributed by atoms with van der Waals surface area (Å²) in [5, 5.41) is 1.54. The SMILES string of the molecule is CC(C)(C)OC(=O)N(C(C)(C)C)S(=O)(=O)c1cc(NC(=O)c2cc(C(F)(F)F)cnc2N2CCC(F)(F)CCC2=O)ccn1. The second kappa shape index (κ2) is 11.9. The van der Waals surface area contributed by atoms with E-state index in [1.807, 2.05) is 0 Å². The summed E-state index contributed by atoms with van der Waals surface area (Å²) >= 11 is 0. The Hall–Kier alpha value is -3.89. The van der Waals surface area contributed by atoms with E-state index in [1.165, 1.54) is 41.5 Å². The predicted octanol–water partition coefficient (Wildman–Crippen LogP) is 5.62. The number of rotatable bonds is 5. The summed E-state index contributed by atoms with van der Waals surface area (Å²) in [6, 6.07) is 2.41. The summed E-state index contributed by atoms with van der Waals surface area (Å²) in [6.07, 6.45) is -7.03. The molecule has 1 aliphatic heterocycles. The second-order valence-corrected chi connectivity index (χ2v) is 13.7. The Morgan fingerprint density at radius 1 is 1.05 bits per heavy atom. The summed E-state index contributed by atoms with van der Waals surface area (Å²) < 4.78 is 101. The molecule has 0 spiro atoms. The van der Waals surface area contributed by atoms with Gasteiger partial charge >= 0.3 is 12.3 Å². The highest BCUT2D eigenvalue weighted by Gasteiger charge is 2.42. The van der Waals surface area contributed by atoms with Crippen molar-refractivity contribution in [2.24, 2.45) is 0 Å². The maximum absolute atomic E-state index is 14.0. The Bertz CT molecular complexity index is 1550. The highest BCUT2D eigenvalue weighted by atomic mass is 32.2. The van der Waals surface area contributed by atoms with E-state index in [2.05, 4.69) is 15.3 Å². The zero-order chi connectivity index (χ0) is 33.5. The monoisotopic (exact) mass is 649 g/mol. The van der Waals surface area contributed by atoms with Crippen molar-refractivity contribution in [2.45, 2.75) is 89.1 Å². The number of sulfonamides is 1. The van der Waals surface area contributed by atoms with Crippen molar-refractivity contribution < 1.29 is 49.5 Å². The van der Waals surface area contributed by atoms with Gasteiger partial charge in [0.05, 0.1) is 16.7 Å². The van der Waals surface area contributed by atoms with Gasteiger partial charge in [0.15, 0.2) is 5.03 Å². The van der Waals surface area contributed by atoms with E-state index in [0.29, 0.717) is 16.6 Å². The summed E-state index contributed by atoms with van der Waals surface area (Å²) in [5.41, 5.74) is -4.78. The number of carbonyl (C=O) groups is 3. The van der Waals surface area contributed by atoms with Gasteiger partial charge in [-0.3, -0.25) is 14.5 Å². The summed E-state index contributed by atoms with van der Waals surface area (Å²) in [5.74, 6) is -5.91. The zero-order valence-corrected chi connectivity index (χ0v) is 25.6. The van der Waals surface area contributed by atoms with Crippen LogP contribution in [0.4, 0.5) is 38.3 Å².